The molecule has 0 radical (unpaired) electrons. The minimum atomic E-state index is -3.67. The maximum atomic E-state index is 9.45. The van der Waals surface area contributed by atoms with Crippen LogP contribution in [-0.4, -0.2) is 22.9 Å². The summed E-state index contributed by atoms with van der Waals surface area (Å²) in [6.45, 7) is 6.60. The van der Waals surface area contributed by atoms with E-state index >= 15 is 0 Å². The van der Waals surface area contributed by atoms with E-state index in [1.54, 1.807) is 0 Å². The van der Waals surface area contributed by atoms with E-state index in [1.165, 1.54) is 37.2 Å². The monoisotopic (exact) mass is 1380 g/mol. The van der Waals surface area contributed by atoms with Gasteiger partial charge in [0.2, 0.25) is 0 Å². The van der Waals surface area contributed by atoms with Gasteiger partial charge in [-0.1, -0.05) is 397 Å². The maximum absolute atomic E-state index is 9.45. The minimum absolute atomic E-state index is 0.163. The van der Waals surface area contributed by atoms with Gasteiger partial charge in [0.05, 0.1) is 18.2 Å². The number of nitrogens with zero attached hydrogens (tertiary/aromatic N) is 2. The van der Waals surface area contributed by atoms with Crippen molar-refractivity contribution in [3.05, 3.63) is 418 Å². The van der Waals surface area contributed by atoms with Crippen molar-refractivity contribution in [1.29, 1.82) is 0 Å². The van der Waals surface area contributed by atoms with E-state index in [0.29, 0.717) is 5.56 Å². The van der Waals surface area contributed by atoms with E-state index < -0.39 is 22.2 Å². The largest absolute Gasteiger partial charge is 0.311 e. The lowest BCUT2D eigenvalue weighted by molar-refractivity contribution is 0.590. The Morgan fingerprint density at radius 3 is 1.14 bits per heavy atom. The third-order valence-electron chi connectivity index (χ3n) is 21.8. The lowest BCUT2D eigenvalue weighted by Gasteiger charge is -2.47. The van der Waals surface area contributed by atoms with Gasteiger partial charge in [0.1, 0.15) is 0 Å². The summed E-state index contributed by atoms with van der Waals surface area (Å²) in [4.78, 5) is 5.31. The Bertz CT molecular complexity index is 5990. The Labute approximate surface area is 627 Å². The third kappa shape index (κ3) is 11.2. The number of benzene rings is 16. The zero-order chi connectivity index (χ0) is 74.8. The van der Waals surface area contributed by atoms with Gasteiger partial charge in [0, 0.05) is 39.4 Å². The summed E-state index contributed by atoms with van der Waals surface area (Å²) in [6, 6.07) is 140. The van der Waals surface area contributed by atoms with Crippen LogP contribution in [0.1, 0.15) is 33.2 Å². The predicted octanol–water partition coefficient (Wildman–Crippen LogP) is 18.2. The van der Waals surface area contributed by atoms with E-state index in [9.17, 15) is 2.74 Å². The van der Waals surface area contributed by atoms with Gasteiger partial charge in [0.25, 0.3) is 6.71 Å². The predicted molar refractivity (Wildman–Crippen MR) is 454 cm³/mol. The van der Waals surface area contributed by atoms with Gasteiger partial charge in [-0.3, -0.25) is 0 Å². The molecule has 105 heavy (non-hydrogen) atoms. The minimum Gasteiger partial charge on any atom is -0.311 e. The van der Waals surface area contributed by atoms with E-state index in [0.717, 1.165) is 105 Å². The van der Waals surface area contributed by atoms with Crippen molar-refractivity contribution in [2.24, 2.45) is 0 Å². The van der Waals surface area contributed by atoms with E-state index in [1.807, 2.05) is 12.1 Å². The fourth-order valence-electron chi connectivity index (χ4n) is 17.0. The average Bonchev–Trinajstić information content (AvgIpc) is 0.684. The molecule has 0 aromatic heterocycles. The van der Waals surface area contributed by atoms with E-state index in [2.05, 4.69) is 401 Å². The molecule has 0 saturated carbocycles. The normalized spacial score (nSPS) is 13.1. The first-order valence-corrected chi connectivity index (χ1v) is 40.3. The van der Waals surface area contributed by atoms with Crippen LogP contribution in [0.2, 0.25) is 0 Å². The molecular weight excluding hydrogens is 1300 g/mol. The van der Waals surface area contributed by atoms with Crippen LogP contribution in [0, 0.1) is 0 Å². The first-order chi connectivity index (χ1) is 53.8. The fraction of sp³-hybridized carbons (Fsp3) is 0.0400. The Morgan fingerprint density at radius 2 is 0.638 bits per heavy atom. The van der Waals surface area contributed by atoms with Crippen LogP contribution in [-0.2, 0) is 5.41 Å². The maximum Gasteiger partial charge on any atom is 0.252 e. The number of para-hydroxylation sites is 2. The fourth-order valence-corrected chi connectivity index (χ4v) is 26.6. The van der Waals surface area contributed by atoms with Gasteiger partial charge in [0.15, 0.2) is 16.1 Å². The highest BCUT2D eigenvalue weighted by atomic mass is 28.3. The van der Waals surface area contributed by atoms with Gasteiger partial charge in [-0.2, -0.15) is 0 Å². The summed E-state index contributed by atoms with van der Waals surface area (Å²) in [5.74, 6) is 0. The summed E-state index contributed by atoms with van der Waals surface area (Å²) in [5.41, 5.74) is 20.4. The van der Waals surface area contributed by atoms with Crippen molar-refractivity contribution in [2.75, 3.05) is 9.80 Å². The molecule has 2 aliphatic rings. The molecule has 0 N–H and O–H groups in total. The molecule has 0 amide bonds. The Balaban J connectivity index is 1.04. The summed E-state index contributed by atoms with van der Waals surface area (Å²) in [5, 5.41) is 9.27. The third-order valence-corrected chi connectivity index (χ3v) is 31.3. The van der Waals surface area contributed by atoms with Gasteiger partial charge < -0.3 is 9.80 Å². The number of anilines is 6. The van der Waals surface area contributed by atoms with Gasteiger partial charge in [-0.05, 0) is 144 Å². The van der Waals surface area contributed by atoms with Crippen LogP contribution in [0.4, 0.5) is 34.1 Å². The molecule has 16 aromatic carbocycles. The van der Waals surface area contributed by atoms with Crippen molar-refractivity contribution >= 4 is 115 Å². The molecule has 16 aromatic rings. The van der Waals surface area contributed by atoms with Crippen molar-refractivity contribution in [3.8, 4) is 55.6 Å². The first kappa shape index (κ1) is 59.2. The quantitative estimate of drug-likeness (QED) is 0.0746. The Hall–Kier alpha value is -12.4. The first-order valence-electron chi connectivity index (χ1n) is 38.8. The molecule has 2 aliphatic heterocycles. The highest BCUT2D eigenvalue weighted by Gasteiger charge is 2.50. The molecule has 5 heteroatoms. The van der Waals surface area contributed by atoms with Crippen LogP contribution >= 0.6 is 0 Å². The van der Waals surface area contributed by atoms with Gasteiger partial charge >= 0.3 is 0 Å². The molecule has 0 fully saturated rings. The number of fused-ring (bicyclic) bond motifs is 4. The SMILES string of the molecule is [2H]c1c([2H])c([2H])c(-c2cccc([Si](c3ccccc3)(c3ccccc3)c3ccc4c(c3)N(c3c(-c5ccccc5)cccc3-c3ccccc3)c3cc([Si](c5ccccc5)(c5ccccc5)c5cccc(-c6ccccc6)c5)cc5c3B4c3ccccc3N5c3ccc(C(C)(C)C)cc3-c3ccccc3)c2)c([2H])c1[2H]. The molecule has 0 bridgehead atoms. The lowest BCUT2D eigenvalue weighted by atomic mass is 9.33. The van der Waals surface area contributed by atoms with Crippen LogP contribution in [0.3, 0.4) is 0 Å². The molecule has 0 atom stereocenters. The second kappa shape index (κ2) is 27.1. The summed E-state index contributed by atoms with van der Waals surface area (Å²) < 4.78 is 45.5. The average molecular weight is 1380 g/mol. The Kier molecular flexibility index (Phi) is 15.3. The number of rotatable bonds is 15. The molecule has 0 spiro atoms. The molecule has 498 valence electrons. The molecule has 2 nitrogen and oxygen atoms in total. The van der Waals surface area contributed by atoms with Crippen molar-refractivity contribution in [2.45, 2.75) is 26.2 Å². The summed E-state index contributed by atoms with van der Waals surface area (Å²) in [6.07, 6.45) is 0. The molecule has 0 aliphatic carbocycles. The number of hydrogen-bond acceptors (Lipinski definition) is 2. The standard InChI is InChI=1S/C100H77BN2Si2/c1-100(2,3)79-62-65-93(90(68-79)76-44-21-8-22-45-76)102-94-61-32-31-60-91(94)101-92-64-63-86(104(80-48-23-9-24-49-80,81-50-25-10-26-51-81)84-56-33-46-77(66-84)72-36-13-4-14-37-72)69-95(92)103(99-88(74-40-17-6-18-41-74)58-35-59-89(99)75-42-19-7-20-43-75)97-71-87(70-96(102)98(97)101)105(82-52-27-11-28-53-82,83-54-29-12-30-55-83)85-57-34-47-78(67-85)73-38-15-5-16-39-73/h4-71H,1-3H3/i4D,13D,14D,36D,37D. The second-order valence-corrected chi connectivity index (χ2v) is 36.3. The van der Waals surface area contributed by atoms with Crippen LogP contribution in [0.5, 0.6) is 0 Å². The van der Waals surface area contributed by atoms with Crippen molar-refractivity contribution < 1.29 is 6.85 Å². The Morgan fingerprint density at radius 1 is 0.257 bits per heavy atom. The molecule has 18 rings (SSSR count). The number of hydrogen-bond donors (Lipinski definition) is 0. The van der Waals surface area contributed by atoms with Gasteiger partial charge in [-0.15, -0.1) is 0 Å². The van der Waals surface area contributed by atoms with Crippen molar-refractivity contribution in [1.82, 2.24) is 0 Å². The van der Waals surface area contributed by atoms with E-state index in [-0.39, 0.29) is 41.9 Å². The van der Waals surface area contributed by atoms with Crippen LogP contribution < -0.4 is 67.7 Å². The van der Waals surface area contributed by atoms with Crippen molar-refractivity contribution in [3.63, 3.8) is 0 Å². The molecule has 0 unspecified atom stereocenters. The van der Waals surface area contributed by atoms with Gasteiger partial charge in [-0.25, -0.2) is 0 Å². The zero-order valence-electron chi connectivity index (χ0n) is 63.8. The molecular formula is C100H77BN2Si2. The molecule has 2 heterocycles. The lowest BCUT2D eigenvalue weighted by Crippen LogP contribution is -2.75. The summed E-state index contributed by atoms with van der Waals surface area (Å²) in [7, 11) is -7.29. The topological polar surface area (TPSA) is 6.48 Å². The summed E-state index contributed by atoms with van der Waals surface area (Å²) >= 11 is 0. The smallest absolute Gasteiger partial charge is 0.252 e. The van der Waals surface area contributed by atoms with Crippen LogP contribution in [0.15, 0.2) is 412 Å². The zero-order valence-corrected chi connectivity index (χ0v) is 60.8. The van der Waals surface area contributed by atoms with E-state index in [4.69, 9.17) is 4.11 Å². The van der Waals surface area contributed by atoms with Crippen LogP contribution in [0.25, 0.3) is 55.6 Å². The molecule has 0 saturated heterocycles. The highest BCUT2D eigenvalue weighted by Crippen LogP contribution is 2.51. The second-order valence-electron chi connectivity index (χ2n) is 28.6. The highest BCUT2D eigenvalue weighted by molar-refractivity contribution is 7.21.